The van der Waals surface area contributed by atoms with Crippen molar-refractivity contribution in [3.05, 3.63) is 17.5 Å². The van der Waals surface area contributed by atoms with Gasteiger partial charge in [0.25, 0.3) is 0 Å². The molecule has 0 bridgehead atoms. The molecule has 6 heteroatoms. The normalized spacial score (nSPS) is 25.5. The molecule has 132 valence electrons. The first-order chi connectivity index (χ1) is 11.8. The van der Waals surface area contributed by atoms with Crippen LogP contribution in [0.25, 0.3) is 0 Å². The van der Waals surface area contributed by atoms with Crippen LogP contribution in [0.3, 0.4) is 0 Å². The summed E-state index contributed by atoms with van der Waals surface area (Å²) in [6.45, 7) is 6.45. The number of carbonyl (C=O) groups is 1. The van der Waals surface area contributed by atoms with E-state index in [0.717, 1.165) is 64.3 Å². The van der Waals surface area contributed by atoms with Gasteiger partial charge in [0.1, 0.15) is 0 Å². The SMILES string of the molecule is O=C(Cc1cnn2c1CCCC2)N1CCCC(N2CCOCC2)C1. The minimum atomic E-state index is 0.273. The lowest BCUT2D eigenvalue weighted by atomic mass is 10.0. The minimum Gasteiger partial charge on any atom is -0.379 e. The molecule has 1 atom stereocenters. The molecule has 1 aromatic heterocycles. The highest BCUT2D eigenvalue weighted by atomic mass is 16.5. The fourth-order valence-corrected chi connectivity index (χ4v) is 4.33. The number of hydrogen-bond acceptors (Lipinski definition) is 4. The number of piperidine rings is 1. The van der Waals surface area contributed by atoms with E-state index in [9.17, 15) is 4.79 Å². The van der Waals surface area contributed by atoms with Crippen LogP contribution in [0, 0.1) is 0 Å². The van der Waals surface area contributed by atoms with Crippen LogP contribution < -0.4 is 0 Å². The van der Waals surface area contributed by atoms with Crippen molar-refractivity contribution in [2.24, 2.45) is 0 Å². The molecule has 0 N–H and O–H groups in total. The molecule has 1 amide bonds. The zero-order chi connectivity index (χ0) is 16.4. The number of hydrogen-bond donors (Lipinski definition) is 0. The third-order valence-corrected chi connectivity index (χ3v) is 5.72. The van der Waals surface area contributed by atoms with E-state index in [1.807, 2.05) is 6.20 Å². The van der Waals surface area contributed by atoms with Gasteiger partial charge in [-0.25, -0.2) is 0 Å². The quantitative estimate of drug-likeness (QED) is 0.831. The fraction of sp³-hybridized carbons (Fsp3) is 0.778. The largest absolute Gasteiger partial charge is 0.379 e. The van der Waals surface area contributed by atoms with E-state index in [0.29, 0.717) is 12.5 Å². The van der Waals surface area contributed by atoms with Gasteiger partial charge in [-0.15, -0.1) is 0 Å². The van der Waals surface area contributed by atoms with Crippen molar-refractivity contribution in [1.29, 1.82) is 0 Å². The van der Waals surface area contributed by atoms with Crippen LogP contribution >= 0.6 is 0 Å². The van der Waals surface area contributed by atoms with E-state index in [1.165, 1.54) is 25.0 Å². The van der Waals surface area contributed by atoms with Crippen LogP contribution in [0.15, 0.2) is 6.20 Å². The lowest BCUT2D eigenvalue weighted by Crippen LogP contribution is -2.53. The van der Waals surface area contributed by atoms with Gasteiger partial charge in [-0.3, -0.25) is 14.4 Å². The standard InChI is InChI=1S/C18H28N4O2/c23-18(12-15-13-19-22-7-2-1-5-17(15)22)21-6-3-4-16(14-21)20-8-10-24-11-9-20/h13,16H,1-12,14H2. The summed E-state index contributed by atoms with van der Waals surface area (Å²) in [5.41, 5.74) is 2.43. The molecule has 1 unspecified atom stereocenters. The van der Waals surface area contributed by atoms with Gasteiger partial charge in [0.15, 0.2) is 0 Å². The average Bonchev–Trinajstić information content (AvgIpc) is 3.06. The zero-order valence-corrected chi connectivity index (χ0v) is 14.5. The van der Waals surface area contributed by atoms with Crippen LogP contribution in [0.5, 0.6) is 0 Å². The Morgan fingerprint density at radius 1 is 1.17 bits per heavy atom. The second-order valence-corrected chi connectivity index (χ2v) is 7.26. The second kappa shape index (κ2) is 7.23. The van der Waals surface area contributed by atoms with Crippen molar-refractivity contribution in [2.45, 2.75) is 51.1 Å². The summed E-state index contributed by atoms with van der Waals surface area (Å²) in [6.07, 6.45) is 8.24. The van der Waals surface area contributed by atoms with Gasteiger partial charge in [-0.05, 0) is 32.1 Å². The Bertz CT molecular complexity index is 580. The molecule has 4 heterocycles. The van der Waals surface area contributed by atoms with Crippen molar-refractivity contribution < 1.29 is 9.53 Å². The number of ether oxygens (including phenoxy) is 1. The zero-order valence-electron chi connectivity index (χ0n) is 14.5. The molecule has 2 saturated heterocycles. The summed E-state index contributed by atoms with van der Waals surface area (Å²) in [7, 11) is 0. The highest BCUT2D eigenvalue weighted by Gasteiger charge is 2.29. The maximum absolute atomic E-state index is 12.8. The number of carbonyl (C=O) groups excluding carboxylic acids is 1. The van der Waals surface area contributed by atoms with Crippen molar-refractivity contribution in [3.8, 4) is 0 Å². The molecule has 2 fully saturated rings. The molecule has 0 aromatic carbocycles. The van der Waals surface area contributed by atoms with Gasteiger partial charge in [0.05, 0.1) is 25.8 Å². The summed E-state index contributed by atoms with van der Waals surface area (Å²) in [5, 5.41) is 4.47. The maximum Gasteiger partial charge on any atom is 0.227 e. The van der Waals surface area contributed by atoms with Gasteiger partial charge >= 0.3 is 0 Å². The smallest absolute Gasteiger partial charge is 0.227 e. The number of rotatable bonds is 3. The molecule has 3 aliphatic heterocycles. The first-order valence-electron chi connectivity index (χ1n) is 9.44. The molecule has 1 aromatic rings. The van der Waals surface area contributed by atoms with Gasteiger partial charge in [0, 0.05) is 50.0 Å². The maximum atomic E-state index is 12.8. The number of fused-ring (bicyclic) bond motifs is 1. The Hall–Kier alpha value is -1.40. The van der Waals surface area contributed by atoms with E-state index in [2.05, 4.69) is 19.6 Å². The van der Waals surface area contributed by atoms with Crippen LogP contribution in [-0.2, 0) is 28.9 Å². The third kappa shape index (κ3) is 3.35. The van der Waals surface area contributed by atoms with Gasteiger partial charge < -0.3 is 9.64 Å². The highest BCUT2D eigenvalue weighted by Crippen LogP contribution is 2.21. The number of aromatic nitrogens is 2. The summed E-state index contributed by atoms with van der Waals surface area (Å²) >= 11 is 0. The molecule has 0 spiro atoms. The molecular weight excluding hydrogens is 304 g/mol. The molecule has 0 saturated carbocycles. The fourth-order valence-electron chi connectivity index (χ4n) is 4.33. The Labute approximate surface area is 143 Å². The lowest BCUT2D eigenvalue weighted by Gasteiger charge is -2.40. The van der Waals surface area contributed by atoms with Crippen LogP contribution in [0.2, 0.25) is 0 Å². The molecule has 6 nitrogen and oxygen atoms in total. The second-order valence-electron chi connectivity index (χ2n) is 7.26. The third-order valence-electron chi connectivity index (χ3n) is 5.72. The van der Waals surface area contributed by atoms with Crippen molar-refractivity contribution in [3.63, 3.8) is 0 Å². The minimum absolute atomic E-state index is 0.273. The summed E-state index contributed by atoms with van der Waals surface area (Å²) in [4.78, 5) is 17.4. The topological polar surface area (TPSA) is 50.6 Å². The van der Waals surface area contributed by atoms with Gasteiger partial charge in [-0.2, -0.15) is 5.10 Å². The van der Waals surface area contributed by atoms with Crippen molar-refractivity contribution >= 4 is 5.91 Å². The van der Waals surface area contributed by atoms with Crippen molar-refractivity contribution in [1.82, 2.24) is 19.6 Å². The summed E-state index contributed by atoms with van der Waals surface area (Å²) in [6, 6.07) is 0.507. The first kappa shape index (κ1) is 16.1. The number of aryl methyl sites for hydroxylation is 1. The molecular formula is C18H28N4O2. The average molecular weight is 332 g/mol. The predicted molar refractivity (Wildman–Crippen MR) is 90.9 cm³/mol. The van der Waals surface area contributed by atoms with E-state index in [4.69, 9.17) is 4.74 Å². The van der Waals surface area contributed by atoms with E-state index in [-0.39, 0.29) is 5.91 Å². The van der Waals surface area contributed by atoms with Gasteiger partial charge in [-0.1, -0.05) is 0 Å². The predicted octanol–water partition coefficient (Wildman–Crippen LogP) is 1.09. The monoisotopic (exact) mass is 332 g/mol. The number of amides is 1. The Balaban J connectivity index is 1.38. The summed E-state index contributed by atoms with van der Waals surface area (Å²) in [5.74, 6) is 0.273. The van der Waals surface area contributed by atoms with Gasteiger partial charge in [0.2, 0.25) is 5.91 Å². The molecule has 0 radical (unpaired) electrons. The van der Waals surface area contributed by atoms with E-state index >= 15 is 0 Å². The number of likely N-dealkylation sites (tertiary alicyclic amines) is 1. The van der Waals surface area contributed by atoms with Crippen LogP contribution in [0.4, 0.5) is 0 Å². The van der Waals surface area contributed by atoms with Crippen LogP contribution in [-0.4, -0.2) is 70.9 Å². The Kier molecular flexibility index (Phi) is 4.85. The number of morpholine rings is 1. The molecule has 24 heavy (non-hydrogen) atoms. The van der Waals surface area contributed by atoms with E-state index in [1.54, 1.807) is 0 Å². The number of nitrogens with zero attached hydrogens (tertiary/aromatic N) is 4. The molecule has 0 aliphatic carbocycles. The highest BCUT2D eigenvalue weighted by molar-refractivity contribution is 5.79. The molecule has 4 rings (SSSR count). The lowest BCUT2D eigenvalue weighted by molar-refractivity contribution is -0.133. The Morgan fingerprint density at radius 3 is 2.92 bits per heavy atom. The van der Waals surface area contributed by atoms with Crippen LogP contribution in [0.1, 0.15) is 36.9 Å². The van der Waals surface area contributed by atoms with Crippen molar-refractivity contribution in [2.75, 3.05) is 39.4 Å². The van der Waals surface area contributed by atoms with E-state index < -0.39 is 0 Å². The Morgan fingerprint density at radius 2 is 2.04 bits per heavy atom. The molecule has 3 aliphatic rings. The first-order valence-corrected chi connectivity index (χ1v) is 9.44. The summed E-state index contributed by atoms with van der Waals surface area (Å²) < 4.78 is 7.55.